The Hall–Kier alpha value is -3.07. The van der Waals surface area contributed by atoms with Gasteiger partial charge < -0.3 is 10.2 Å². The summed E-state index contributed by atoms with van der Waals surface area (Å²) in [6, 6.07) is 18.8. The second-order valence-corrected chi connectivity index (χ2v) is 11.5. The molecule has 3 aromatic rings. The normalized spacial score (nSPS) is 12.0. The number of nitrogens with one attached hydrogen (secondary N) is 1. The summed E-state index contributed by atoms with van der Waals surface area (Å²) in [6.45, 7) is 5.20. The average Bonchev–Trinajstić information content (AvgIpc) is 2.90. The molecular formula is C28H31Cl2N3O4S. The molecule has 2 amide bonds. The molecule has 0 unspecified atom stereocenters. The molecule has 0 aliphatic carbocycles. The molecular weight excluding hydrogens is 545 g/mol. The molecule has 0 radical (unpaired) electrons. The van der Waals surface area contributed by atoms with E-state index in [1.807, 2.05) is 13.8 Å². The van der Waals surface area contributed by atoms with Crippen LogP contribution in [-0.2, 0) is 26.2 Å². The minimum absolute atomic E-state index is 0.0502. The first kappa shape index (κ1) is 29.5. The Labute approximate surface area is 234 Å². The highest BCUT2D eigenvalue weighted by Crippen LogP contribution is 2.28. The lowest BCUT2D eigenvalue weighted by atomic mass is 10.1. The number of aryl methyl sites for hydroxylation is 1. The number of carbonyl (C=O) groups is 2. The molecule has 3 aromatic carbocycles. The lowest BCUT2D eigenvalue weighted by Gasteiger charge is -2.32. The van der Waals surface area contributed by atoms with E-state index in [2.05, 4.69) is 5.32 Å². The van der Waals surface area contributed by atoms with Crippen LogP contribution in [0.25, 0.3) is 0 Å². The summed E-state index contributed by atoms with van der Waals surface area (Å²) in [7, 11) is -4.12. The van der Waals surface area contributed by atoms with Gasteiger partial charge in [0.15, 0.2) is 0 Å². The Balaban J connectivity index is 2.03. The number of anilines is 1. The summed E-state index contributed by atoms with van der Waals surface area (Å²) in [6.07, 6.45) is 0.722. The van der Waals surface area contributed by atoms with Crippen molar-refractivity contribution in [1.29, 1.82) is 0 Å². The maximum atomic E-state index is 13.9. The second kappa shape index (κ2) is 13.1. The largest absolute Gasteiger partial charge is 0.354 e. The molecule has 0 heterocycles. The predicted octanol–water partition coefficient (Wildman–Crippen LogP) is 5.44. The first-order chi connectivity index (χ1) is 18.1. The van der Waals surface area contributed by atoms with Gasteiger partial charge in [-0.25, -0.2) is 8.42 Å². The summed E-state index contributed by atoms with van der Waals surface area (Å²) in [5, 5.41) is 3.47. The monoisotopic (exact) mass is 575 g/mol. The van der Waals surface area contributed by atoms with E-state index in [0.717, 1.165) is 16.3 Å². The Kier molecular flexibility index (Phi) is 10.2. The predicted molar refractivity (Wildman–Crippen MR) is 152 cm³/mol. The molecule has 7 nitrogen and oxygen atoms in total. The van der Waals surface area contributed by atoms with Gasteiger partial charge in [-0.1, -0.05) is 72.1 Å². The topological polar surface area (TPSA) is 86.8 Å². The number of benzene rings is 3. The Morgan fingerprint density at radius 1 is 0.921 bits per heavy atom. The van der Waals surface area contributed by atoms with Crippen molar-refractivity contribution in [3.8, 4) is 0 Å². The number of sulfonamides is 1. The summed E-state index contributed by atoms with van der Waals surface area (Å²) < 4.78 is 28.5. The van der Waals surface area contributed by atoms with Crippen LogP contribution in [0.3, 0.4) is 0 Å². The van der Waals surface area contributed by atoms with Gasteiger partial charge in [0, 0.05) is 28.7 Å². The summed E-state index contributed by atoms with van der Waals surface area (Å²) in [5.41, 5.74) is 1.69. The van der Waals surface area contributed by atoms with E-state index in [0.29, 0.717) is 27.8 Å². The van der Waals surface area contributed by atoms with Crippen LogP contribution in [-0.4, -0.2) is 44.3 Å². The zero-order chi connectivity index (χ0) is 27.9. The van der Waals surface area contributed by atoms with Gasteiger partial charge in [0.2, 0.25) is 11.8 Å². The molecule has 202 valence electrons. The fraction of sp³-hybridized carbons (Fsp3) is 0.286. The standard InChI is InChI=1S/C28H31Cl2N3O4S/c1-4-17-31-28(35)21(3)32(18-24-25(29)11-8-12-26(24)30)27(34)19-33(22-9-6-5-7-10-22)38(36,37)23-15-13-20(2)14-16-23/h5-16,21H,4,17-19H2,1-3H3,(H,31,35)/t21-/m0/s1. The fourth-order valence-corrected chi connectivity index (χ4v) is 5.72. The van der Waals surface area contributed by atoms with E-state index in [-0.39, 0.29) is 17.3 Å². The quantitative estimate of drug-likeness (QED) is 0.330. The van der Waals surface area contributed by atoms with Gasteiger partial charge in [-0.15, -0.1) is 0 Å². The zero-order valence-corrected chi connectivity index (χ0v) is 23.9. The molecule has 0 aromatic heterocycles. The maximum Gasteiger partial charge on any atom is 0.264 e. The highest BCUT2D eigenvalue weighted by atomic mass is 35.5. The minimum atomic E-state index is -4.12. The summed E-state index contributed by atoms with van der Waals surface area (Å²) >= 11 is 12.8. The lowest BCUT2D eigenvalue weighted by Crippen LogP contribution is -2.51. The molecule has 1 N–H and O–H groups in total. The van der Waals surface area contributed by atoms with Crippen LogP contribution in [0.2, 0.25) is 10.0 Å². The molecule has 0 aliphatic rings. The van der Waals surface area contributed by atoms with Crippen LogP contribution in [0.1, 0.15) is 31.4 Å². The molecule has 0 aliphatic heterocycles. The molecule has 10 heteroatoms. The molecule has 0 fully saturated rings. The number of hydrogen-bond acceptors (Lipinski definition) is 4. The number of rotatable bonds is 11. The first-order valence-corrected chi connectivity index (χ1v) is 14.4. The van der Waals surface area contributed by atoms with Gasteiger partial charge in [0.1, 0.15) is 12.6 Å². The molecule has 1 atom stereocenters. The van der Waals surface area contributed by atoms with E-state index in [1.54, 1.807) is 67.6 Å². The number of nitrogens with zero attached hydrogens (tertiary/aromatic N) is 2. The Bertz CT molecular complexity index is 1350. The van der Waals surface area contributed by atoms with Crippen molar-refractivity contribution in [3.63, 3.8) is 0 Å². The highest BCUT2D eigenvalue weighted by Gasteiger charge is 2.33. The van der Waals surface area contributed by atoms with Gasteiger partial charge in [-0.05, 0) is 56.7 Å². The number of para-hydroxylation sites is 1. The molecule has 0 spiro atoms. The molecule has 3 rings (SSSR count). The van der Waals surface area contributed by atoms with E-state index >= 15 is 0 Å². The van der Waals surface area contributed by atoms with Crippen LogP contribution >= 0.6 is 23.2 Å². The van der Waals surface area contributed by atoms with E-state index in [1.165, 1.54) is 17.0 Å². The van der Waals surface area contributed by atoms with Gasteiger partial charge >= 0.3 is 0 Å². The SMILES string of the molecule is CCCNC(=O)[C@H](C)N(Cc1c(Cl)cccc1Cl)C(=O)CN(c1ccccc1)S(=O)(=O)c1ccc(C)cc1. The Morgan fingerprint density at radius 2 is 1.53 bits per heavy atom. The molecule has 0 saturated heterocycles. The number of amides is 2. The lowest BCUT2D eigenvalue weighted by molar-refractivity contribution is -0.139. The van der Waals surface area contributed by atoms with E-state index in [4.69, 9.17) is 23.2 Å². The van der Waals surface area contributed by atoms with Crippen molar-refractivity contribution in [2.75, 3.05) is 17.4 Å². The third kappa shape index (κ3) is 7.07. The number of hydrogen-bond donors (Lipinski definition) is 1. The average molecular weight is 577 g/mol. The van der Waals surface area contributed by atoms with Crippen molar-refractivity contribution in [2.24, 2.45) is 0 Å². The summed E-state index contributed by atoms with van der Waals surface area (Å²) in [4.78, 5) is 28.1. The molecule has 38 heavy (non-hydrogen) atoms. The van der Waals surface area contributed by atoms with Crippen LogP contribution in [0.4, 0.5) is 5.69 Å². The van der Waals surface area contributed by atoms with Crippen molar-refractivity contribution < 1.29 is 18.0 Å². The fourth-order valence-electron chi connectivity index (χ4n) is 3.79. The van der Waals surface area contributed by atoms with Crippen molar-refractivity contribution in [3.05, 3.63) is 94.0 Å². The van der Waals surface area contributed by atoms with Crippen LogP contribution in [0.15, 0.2) is 77.7 Å². The van der Waals surface area contributed by atoms with Crippen molar-refractivity contribution in [1.82, 2.24) is 10.2 Å². The van der Waals surface area contributed by atoms with Crippen LogP contribution in [0, 0.1) is 6.92 Å². The Morgan fingerprint density at radius 3 is 2.11 bits per heavy atom. The third-order valence-electron chi connectivity index (χ3n) is 6.04. The number of carbonyl (C=O) groups excluding carboxylic acids is 2. The molecule has 0 bridgehead atoms. The summed E-state index contributed by atoms with van der Waals surface area (Å²) in [5.74, 6) is -0.948. The first-order valence-electron chi connectivity index (χ1n) is 12.2. The van der Waals surface area contributed by atoms with E-state index < -0.39 is 28.5 Å². The maximum absolute atomic E-state index is 13.9. The van der Waals surface area contributed by atoms with Crippen LogP contribution < -0.4 is 9.62 Å². The van der Waals surface area contributed by atoms with E-state index in [9.17, 15) is 18.0 Å². The second-order valence-electron chi connectivity index (χ2n) is 8.85. The van der Waals surface area contributed by atoms with Gasteiger partial charge in [-0.3, -0.25) is 13.9 Å². The van der Waals surface area contributed by atoms with Crippen molar-refractivity contribution in [2.45, 2.75) is 44.7 Å². The third-order valence-corrected chi connectivity index (χ3v) is 8.53. The highest BCUT2D eigenvalue weighted by molar-refractivity contribution is 7.92. The van der Waals surface area contributed by atoms with Gasteiger partial charge in [0.25, 0.3) is 10.0 Å². The van der Waals surface area contributed by atoms with Gasteiger partial charge in [0.05, 0.1) is 10.6 Å². The molecule has 0 saturated carbocycles. The van der Waals surface area contributed by atoms with Crippen LogP contribution in [0.5, 0.6) is 0 Å². The smallest absolute Gasteiger partial charge is 0.264 e. The zero-order valence-electron chi connectivity index (χ0n) is 21.5. The van der Waals surface area contributed by atoms with Crippen molar-refractivity contribution >= 4 is 50.7 Å². The number of halogens is 2. The minimum Gasteiger partial charge on any atom is -0.354 e. The van der Waals surface area contributed by atoms with Gasteiger partial charge in [-0.2, -0.15) is 0 Å².